The molecule has 1 aliphatic rings. The van der Waals surface area contributed by atoms with E-state index in [4.69, 9.17) is 15.6 Å². The lowest BCUT2D eigenvalue weighted by atomic mass is 9.92. The number of fused-ring (bicyclic) bond motifs is 1. The summed E-state index contributed by atoms with van der Waals surface area (Å²) in [6.07, 6.45) is 1.59. The predicted octanol–water partition coefficient (Wildman–Crippen LogP) is 2.65. The van der Waals surface area contributed by atoms with E-state index in [1.165, 1.54) is 0 Å². The quantitative estimate of drug-likeness (QED) is 0.746. The normalized spacial score (nSPS) is 17.0. The van der Waals surface area contributed by atoms with Crippen molar-refractivity contribution in [2.24, 2.45) is 5.10 Å². The van der Waals surface area contributed by atoms with Gasteiger partial charge in [0.25, 0.3) is 0 Å². The molecule has 25 heavy (non-hydrogen) atoms. The Morgan fingerprint density at radius 1 is 1.16 bits per heavy atom. The highest BCUT2D eigenvalue weighted by Crippen LogP contribution is 2.34. The summed E-state index contributed by atoms with van der Waals surface area (Å²) >= 11 is 0. The highest BCUT2D eigenvalue weighted by atomic mass is 16.5. The number of rotatable bonds is 3. The van der Waals surface area contributed by atoms with Crippen molar-refractivity contribution in [1.82, 2.24) is 15.0 Å². The molecule has 1 aliphatic heterocycles. The molecule has 1 aromatic heterocycles. The molecule has 2 aromatic carbocycles. The number of nitrogens with zero attached hydrogens (tertiary/aromatic N) is 4. The molecule has 0 spiro atoms. The minimum atomic E-state index is 0.0608. The van der Waals surface area contributed by atoms with Gasteiger partial charge in [0.2, 0.25) is 0 Å². The van der Waals surface area contributed by atoms with Crippen molar-refractivity contribution in [2.45, 2.75) is 5.92 Å². The number of hydrazone groups is 1. The maximum atomic E-state index is 6.12. The average Bonchev–Trinajstić information content (AvgIpc) is 3.03. The van der Waals surface area contributed by atoms with Gasteiger partial charge in [-0.3, -0.25) is 5.01 Å². The van der Waals surface area contributed by atoms with Crippen molar-refractivity contribution in [1.29, 1.82) is 0 Å². The minimum absolute atomic E-state index is 0.0608. The molecule has 0 amide bonds. The summed E-state index contributed by atoms with van der Waals surface area (Å²) < 4.78 is 5.31. The largest absolute Gasteiger partial charge is 0.495 e. The Balaban J connectivity index is 1.86. The van der Waals surface area contributed by atoms with Gasteiger partial charge in [0.1, 0.15) is 12.1 Å². The number of nitrogens with two attached hydrogens (primary N) is 1. The van der Waals surface area contributed by atoms with Gasteiger partial charge in [0, 0.05) is 25.0 Å². The zero-order valence-electron chi connectivity index (χ0n) is 14.2. The Morgan fingerprint density at radius 3 is 2.72 bits per heavy atom. The van der Waals surface area contributed by atoms with Crippen LogP contribution in [0.4, 0.5) is 5.69 Å². The van der Waals surface area contributed by atoms with Crippen LogP contribution in [-0.4, -0.2) is 41.4 Å². The molecule has 4 rings (SSSR count). The highest BCUT2D eigenvalue weighted by molar-refractivity contribution is 6.07. The van der Waals surface area contributed by atoms with Crippen LogP contribution in [0.25, 0.3) is 10.9 Å². The molecule has 0 saturated heterocycles. The second-order valence-electron chi connectivity index (χ2n) is 6.11. The van der Waals surface area contributed by atoms with E-state index in [-0.39, 0.29) is 5.92 Å². The van der Waals surface area contributed by atoms with Crippen molar-refractivity contribution in [3.63, 3.8) is 0 Å². The van der Waals surface area contributed by atoms with Crippen LogP contribution in [0.15, 0.2) is 53.9 Å². The van der Waals surface area contributed by atoms with Crippen molar-refractivity contribution < 1.29 is 4.74 Å². The van der Waals surface area contributed by atoms with E-state index in [1.807, 2.05) is 42.4 Å². The van der Waals surface area contributed by atoms with Gasteiger partial charge >= 0.3 is 0 Å². The van der Waals surface area contributed by atoms with Crippen molar-refractivity contribution in [3.8, 4) is 5.75 Å². The van der Waals surface area contributed by atoms with Gasteiger partial charge in [-0.15, -0.1) is 0 Å². The van der Waals surface area contributed by atoms with Crippen molar-refractivity contribution in [3.05, 3.63) is 60.0 Å². The van der Waals surface area contributed by atoms with Crippen LogP contribution in [0.1, 0.15) is 17.2 Å². The zero-order chi connectivity index (χ0) is 17.4. The lowest BCUT2D eigenvalue weighted by Gasteiger charge is -2.16. The molecule has 126 valence electrons. The van der Waals surface area contributed by atoms with Gasteiger partial charge in [-0.2, -0.15) is 5.10 Å². The first-order valence-corrected chi connectivity index (χ1v) is 8.10. The number of nitrogen functional groups attached to an aromatic ring is 1. The van der Waals surface area contributed by atoms with Crippen LogP contribution in [0.2, 0.25) is 0 Å². The number of anilines is 1. The number of aromatic nitrogens is 2. The average molecular weight is 333 g/mol. The van der Waals surface area contributed by atoms with Gasteiger partial charge in [0.05, 0.1) is 35.6 Å². The van der Waals surface area contributed by atoms with Gasteiger partial charge in [-0.25, -0.2) is 9.97 Å². The van der Waals surface area contributed by atoms with Crippen LogP contribution >= 0.6 is 0 Å². The Bertz CT molecular complexity index is 955. The number of methoxy groups -OCH3 is 1. The maximum Gasteiger partial charge on any atom is 0.143 e. The van der Waals surface area contributed by atoms with E-state index >= 15 is 0 Å². The third kappa shape index (κ3) is 2.65. The summed E-state index contributed by atoms with van der Waals surface area (Å²) in [6, 6.07) is 13.9. The van der Waals surface area contributed by atoms with E-state index in [0.717, 1.165) is 34.4 Å². The minimum Gasteiger partial charge on any atom is -0.495 e. The second kappa shape index (κ2) is 6.05. The molecule has 3 aromatic rings. The molecule has 0 bridgehead atoms. The summed E-state index contributed by atoms with van der Waals surface area (Å²) in [5.74, 6) is 0.684. The Morgan fingerprint density at radius 2 is 1.96 bits per heavy atom. The molecular formula is C19H19N5O. The fourth-order valence-electron chi connectivity index (χ4n) is 3.30. The van der Waals surface area contributed by atoms with E-state index in [0.29, 0.717) is 11.4 Å². The molecule has 0 fully saturated rings. The van der Waals surface area contributed by atoms with Crippen LogP contribution in [-0.2, 0) is 0 Å². The fourth-order valence-corrected chi connectivity index (χ4v) is 3.30. The fraction of sp³-hybridized carbons (Fsp3) is 0.211. The predicted molar refractivity (Wildman–Crippen MR) is 98.9 cm³/mol. The molecule has 1 atom stereocenters. The van der Waals surface area contributed by atoms with Gasteiger partial charge < -0.3 is 10.5 Å². The molecule has 6 nitrogen and oxygen atoms in total. The molecule has 2 heterocycles. The van der Waals surface area contributed by atoms with Crippen LogP contribution in [0.3, 0.4) is 0 Å². The van der Waals surface area contributed by atoms with E-state index in [2.05, 4.69) is 22.1 Å². The highest BCUT2D eigenvalue weighted by Gasteiger charge is 2.30. The smallest absolute Gasteiger partial charge is 0.143 e. The molecular weight excluding hydrogens is 314 g/mol. The lowest BCUT2D eigenvalue weighted by Crippen LogP contribution is -2.17. The van der Waals surface area contributed by atoms with E-state index in [9.17, 15) is 0 Å². The number of benzene rings is 2. The van der Waals surface area contributed by atoms with Gasteiger partial charge in [0.15, 0.2) is 0 Å². The molecule has 0 radical (unpaired) electrons. The Labute approximate surface area is 146 Å². The maximum absolute atomic E-state index is 6.12. The summed E-state index contributed by atoms with van der Waals surface area (Å²) in [4.78, 5) is 8.96. The van der Waals surface area contributed by atoms with E-state index < -0.39 is 0 Å². The van der Waals surface area contributed by atoms with Crippen LogP contribution < -0.4 is 10.5 Å². The molecule has 2 N–H and O–H groups in total. The zero-order valence-corrected chi connectivity index (χ0v) is 14.2. The molecule has 6 heteroatoms. The summed E-state index contributed by atoms with van der Waals surface area (Å²) in [5, 5.41) is 7.60. The number of ether oxygens (including phenoxy) is 1. The summed E-state index contributed by atoms with van der Waals surface area (Å²) in [5.41, 5.74) is 10.6. The second-order valence-corrected chi connectivity index (χ2v) is 6.11. The first-order chi connectivity index (χ1) is 12.2. The monoisotopic (exact) mass is 333 g/mol. The van der Waals surface area contributed by atoms with Crippen molar-refractivity contribution in [2.75, 3.05) is 26.4 Å². The SMILES string of the molecule is COc1cc2ncnc(C3CN(C)N=C3c3ccccc3)c2cc1N. The van der Waals surface area contributed by atoms with Crippen LogP contribution in [0, 0.1) is 0 Å². The number of hydrogen-bond acceptors (Lipinski definition) is 6. The third-order valence-electron chi connectivity index (χ3n) is 4.47. The standard InChI is InChI=1S/C19H19N5O/c1-24-10-14(18(23-24)12-6-4-3-5-7-12)19-13-8-15(20)17(25-2)9-16(13)21-11-22-19/h3-9,11,14H,10,20H2,1-2H3. The van der Waals surface area contributed by atoms with E-state index in [1.54, 1.807) is 13.4 Å². The topological polar surface area (TPSA) is 76.6 Å². The number of likely N-dealkylation sites (N-methyl/N-ethyl adjacent to an activating group) is 1. The summed E-state index contributed by atoms with van der Waals surface area (Å²) in [7, 11) is 3.58. The first kappa shape index (κ1) is 15.4. The third-order valence-corrected chi connectivity index (χ3v) is 4.47. The summed E-state index contributed by atoms with van der Waals surface area (Å²) in [6.45, 7) is 0.766. The van der Waals surface area contributed by atoms with Crippen LogP contribution in [0.5, 0.6) is 5.75 Å². The first-order valence-electron chi connectivity index (χ1n) is 8.10. The molecule has 0 saturated carbocycles. The van der Waals surface area contributed by atoms with Gasteiger partial charge in [-0.05, 0) is 11.6 Å². The molecule has 1 unspecified atom stereocenters. The number of hydrogen-bond donors (Lipinski definition) is 1. The lowest BCUT2D eigenvalue weighted by molar-refractivity contribution is 0.380. The Hall–Kier alpha value is -3.15. The van der Waals surface area contributed by atoms with Crippen molar-refractivity contribution >= 4 is 22.3 Å². The van der Waals surface area contributed by atoms with Gasteiger partial charge in [-0.1, -0.05) is 30.3 Å². The Kier molecular flexibility index (Phi) is 3.72. The molecule has 0 aliphatic carbocycles.